The monoisotopic (exact) mass is 333 g/mol. The van der Waals surface area contributed by atoms with Crippen LogP contribution in [0.5, 0.6) is 0 Å². The van der Waals surface area contributed by atoms with Crippen LogP contribution in [-0.2, 0) is 20.7 Å². The molecule has 2 aromatic rings. The first-order valence-corrected chi connectivity index (χ1v) is 7.66. The van der Waals surface area contributed by atoms with Crippen LogP contribution in [0.25, 0.3) is 11.0 Å². The molecule has 128 valence electrons. The van der Waals surface area contributed by atoms with Crippen LogP contribution in [0.1, 0.15) is 25.5 Å². The van der Waals surface area contributed by atoms with Gasteiger partial charge in [-0.1, -0.05) is 30.6 Å². The quantitative estimate of drug-likeness (QED) is 0.587. The summed E-state index contributed by atoms with van der Waals surface area (Å²) < 4.78 is 9.92. The third kappa shape index (κ3) is 5.08. The van der Waals surface area contributed by atoms with Crippen LogP contribution in [-0.4, -0.2) is 36.2 Å². The fraction of sp³-hybridized carbons (Fsp3) is 0.375. The molecule has 0 saturated carbocycles. The standard InChI is InChI=1S/C16H19N3O5/c1-2-3-8-17-16(22)18-14(20)10-23-15(21)9-12-11-6-4-5-7-13(11)24-19-12/h4-7H,2-3,8-10H2,1H3,(H2,17,18,20,22). The molecule has 1 heterocycles. The number of nitrogens with one attached hydrogen (secondary N) is 2. The van der Waals surface area contributed by atoms with Gasteiger partial charge in [0, 0.05) is 11.9 Å². The highest BCUT2D eigenvalue weighted by molar-refractivity contribution is 5.95. The Bertz CT molecular complexity index is 725. The number of carbonyl (C=O) groups is 3. The number of hydrogen-bond acceptors (Lipinski definition) is 6. The molecule has 8 heteroatoms. The van der Waals surface area contributed by atoms with E-state index in [4.69, 9.17) is 9.26 Å². The maximum atomic E-state index is 11.8. The molecular weight excluding hydrogens is 314 g/mol. The Labute approximate surface area is 138 Å². The summed E-state index contributed by atoms with van der Waals surface area (Å²) in [5.41, 5.74) is 1.01. The van der Waals surface area contributed by atoms with Crippen molar-refractivity contribution < 1.29 is 23.6 Å². The number of carbonyl (C=O) groups excluding carboxylic acids is 3. The second kappa shape index (κ2) is 8.66. The van der Waals surface area contributed by atoms with Crippen molar-refractivity contribution in [3.8, 4) is 0 Å². The average Bonchev–Trinajstić information content (AvgIpc) is 2.96. The predicted octanol–water partition coefficient (Wildman–Crippen LogP) is 1.54. The molecule has 8 nitrogen and oxygen atoms in total. The summed E-state index contributed by atoms with van der Waals surface area (Å²) in [6, 6.07) is 6.51. The van der Waals surface area contributed by atoms with Crippen LogP contribution in [0.15, 0.2) is 28.8 Å². The lowest BCUT2D eigenvalue weighted by molar-refractivity contribution is -0.147. The van der Waals surface area contributed by atoms with Crippen molar-refractivity contribution in [3.63, 3.8) is 0 Å². The van der Waals surface area contributed by atoms with Gasteiger partial charge in [-0.05, 0) is 18.6 Å². The zero-order valence-electron chi connectivity index (χ0n) is 13.3. The number of nitrogens with zero attached hydrogens (tertiary/aromatic N) is 1. The molecule has 0 spiro atoms. The number of esters is 1. The number of aromatic nitrogens is 1. The number of benzene rings is 1. The molecule has 0 aliphatic carbocycles. The smallest absolute Gasteiger partial charge is 0.321 e. The zero-order chi connectivity index (χ0) is 17.4. The highest BCUT2D eigenvalue weighted by Gasteiger charge is 2.15. The molecule has 0 aliphatic rings. The number of imide groups is 1. The molecule has 0 saturated heterocycles. The van der Waals surface area contributed by atoms with E-state index < -0.39 is 24.5 Å². The Morgan fingerprint density at radius 3 is 2.83 bits per heavy atom. The number of unbranched alkanes of at least 4 members (excludes halogenated alkanes) is 1. The van der Waals surface area contributed by atoms with E-state index in [-0.39, 0.29) is 6.42 Å². The Morgan fingerprint density at radius 2 is 2.04 bits per heavy atom. The van der Waals surface area contributed by atoms with Gasteiger partial charge in [0.2, 0.25) is 0 Å². The zero-order valence-corrected chi connectivity index (χ0v) is 13.3. The van der Waals surface area contributed by atoms with Gasteiger partial charge in [-0.25, -0.2) is 4.79 Å². The normalized spacial score (nSPS) is 10.4. The van der Waals surface area contributed by atoms with E-state index in [9.17, 15) is 14.4 Å². The molecule has 0 radical (unpaired) electrons. The van der Waals surface area contributed by atoms with Crippen LogP contribution in [0.3, 0.4) is 0 Å². The molecule has 3 amide bonds. The number of hydrogen-bond donors (Lipinski definition) is 2. The molecule has 0 fully saturated rings. The number of fused-ring (bicyclic) bond motifs is 1. The van der Waals surface area contributed by atoms with Crippen LogP contribution < -0.4 is 10.6 Å². The van der Waals surface area contributed by atoms with E-state index >= 15 is 0 Å². The SMILES string of the molecule is CCCCNC(=O)NC(=O)COC(=O)Cc1noc2ccccc12. The molecule has 0 unspecified atom stereocenters. The number of para-hydroxylation sites is 1. The van der Waals surface area contributed by atoms with Crippen LogP contribution in [0, 0.1) is 0 Å². The van der Waals surface area contributed by atoms with E-state index in [1.807, 2.05) is 6.92 Å². The first-order chi connectivity index (χ1) is 11.6. The molecule has 1 aromatic carbocycles. The summed E-state index contributed by atoms with van der Waals surface area (Å²) in [6.45, 7) is 1.94. The minimum absolute atomic E-state index is 0.118. The van der Waals surface area contributed by atoms with Crippen molar-refractivity contribution >= 4 is 28.9 Å². The van der Waals surface area contributed by atoms with Gasteiger partial charge in [-0.3, -0.25) is 14.9 Å². The maximum absolute atomic E-state index is 11.8. The van der Waals surface area contributed by atoms with Crippen molar-refractivity contribution in [2.24, 2.45) is 0 Å². The van der Waals surface area contributed by atoms with Crippen LogP contribution in [0.2, 0.25) is 0 Å². The topological polar surface area (TPSA) is 111 Å². The number of rotatable bonds is 7. The van der Waals surface area contributed by atoms with Gasteiger partial charge in [0.1, 0.15) is 5.69 Å². The van der Waals surface area contributed by atoms with Gasteiger partial charge >= 0.3 is 12.0 Å². The van der Waals surface area contributed by atoms with Gasteiger partial charge in [0.15, 0.2) is 12.2 Å². The number of ether oxygens (including phenoxy) is 1. The minimum atomic E-state index is -0.692. The third-order valence-electron chi connectivity index (χ3n) is 3.20. The van der Waals surface area contributed by atoms with Gasteiger partial charge in [-0.2, -0.15) is 0 Å². The summed E-state index contributed by atoms with van der Waals surface area (Å²) in [4.78, 5) is 34.7. The first-order valence-electron chi connectivity index (χ1n) is 7.66. The van der Waals surface area contributed by atoms with Crippen molar-refractivity contribution in [2.45, 2.75) is 26.2 Å². The van der Waals surface area contributed by atoms with Gasteiger partial charge in [-0.15, -0.1) is 0 Å². The highest BCUT2D eigenvalue weighted by atomic mass is 16.5. The summed E-state index contributed by atoms with van der Waals surface area (Å²) in [5, 5.41) is 9.14. The molecule has 2 N–H and O–H groups in total. The molecule has 0 aliphatic heterocycles. The largest absolute Gasteiger partial charge is 0.455 e. The van der Waals surface area contributed by atoms with Crippen LogP contribution >= 0.6 is 0 Å². The summed E-state index contributed by atoms with van der Waals surface area (Å²) in [6.07, 6.45) is 1.64. The van der Waals surface area contributed by atoms with Crippen molar-refractivity contribution in [2.75, 3.05) is 13.2 Å². The summed E-state index contributed by atoms with van der Waals surface area (Å²) in [7, 11) is 0. The minimum Gasteiger partial charge on any atom is -0.455 e. The lowest BCUT2D eigenvalue weighted by atomic mass is 10.2. The highest BCUT2D eigenvalue weighted by Crippen LogP contribution is 2.18. The molecule has 24 heavy (non-hydrogen) atoms. The third-order valence-corrected chi connectivity index (χ3v) is 3.20. The fourth-order valence-electron chi connectivity index (χ4n) is 1.98. The van der Waals surface area contributed by atoms with E-state index in [1.54, 1.807) is 24.3 Å². The van der Waals surface area contributed by atoms with E-state index in [1.165, 1.54) is 0 Å². The Hall–Kier alpha value is -2.90. The molecular formula is C16H19N3O5. The Morgan fingerprint density at radius 1 is 1.25 bits per heavy atom. The number of amides is 3. The van der Waals surface area contributed by atoms with Gasteiger partial charge in [0.25, 0.3) is 5.91 Å². The lowest BCUT2D eigenvalue weighted by Crippen LogP contribution is -2.41. The van der Waals surface area contributed by atoms with E-state index in [0.29, 0.717) is 23.2 Å². The second-order valence-corrected chi connectivity index (χ2v) is 5.12. The van der Waals surface area contributed by atoms with Gasteiger partial charge < -0.3 is 14.6 Å². The molecule has 0 bridgehead atoms. The van der Waals surface area contributed by atoms with Crippen molar-refractivity contribution in [1.29, 1.82) is 0 Å². The fourth-order valence-corrected chi connectivity index (χ4v) is 1.98. The molecule has 2 rings (SSSR count). The summed E-state index contributed by atoms with van der Waals surface area (Å²) in [5.74, 6) is -1.32. The Kier molecular flexibility index (Phi) is 6.30. The van der Waals surface area contributed by atoms with Crippen molar-refractivity contribution in [1.82, 2.24) is 15.8 Å². The predicted molar refractivity (Wildman–Crippen MR) is 85.1 cm³/mol. The lowest BCUT2D eigenvalue weighted by Gasteiger charge is -2.06. The van der Waals surface area contributed by atoms with Crippen LogP contribution in [0.4, 0.5) is 4.79 Å². The number of urea groups is 1. The molecule has 1 aromatic heterocycles. The Balaban J connectivity index is 1.75. The van der Waals surface area contributed by atoms with Crippen molar-refractivity contribution in [3.05, 3.63) is 30.0 Å². The average molecular weight is 333 g/mol. The second-order valence-electron chi connectivity index (χ2n) is 5.12. The van der Waals surface area contributed by atoms with Gasteiger partial charge in [0.05, 0.1) is 6.42 Å². The molecule has 0 atom stereocenters. The van der Waals surface area contributed by atoms with E-state index in [2.05, 4.69) is 15.8 Å². The first kappa shape index (κ1) is 17.5. The van der Waals surface area contributed by atoms with E-state index in [0.717, 1.165) is 12.8 Å². The summed E-state index contributed by atoms with van der Waals surface area (Å²) >= 11 is 0. The maximum Gasteiger partial charge on any atom is 0.321 e.